The smallest absolute Gasteiger partial charge is 0.233 e. The van der Waals surface area contributed by atoms with Crippen molar-refractivity contribution >= 4 is 29.0 Å². The average molecular weight is 279 g/mol. The van der Waals surface area contributed by atoms with Crippen molar-refractivity contribution in [1.29, 1.82) is 0 Å². The number of thioether (sulfide) groups is 1. The van der Waals surface area contributed by atoms with Gasteiger partial charge in [0.15, 0.2) is 4.34 Å². The van der Waals surface area contributed by atoms with Crippen LogP contribution >= 0.6 is 23.1 Å². The molecule has 0 saturated heterocycles. The van der Waals surface area contributed by atoms with Gasteiger partial charge in [-0.15, -0.1) is 10.2 Å². The summed E-state index contributed by atoms with van der Waals surface area (Å²) in [5.74, 6) is 0.0130. The molecule has 1 amide bonds. The summed E-state index contributed by atoms with van der Waals surface area (Å²) in [7, 11) is 0. The highest BCUT2D eigenvalue weighted by Gasteiger charge is 2.15. The van der Waals surface area contributed by atoms with Crippen molar-refractivity contribution < 1.29 is 4.79 Å². The molecule has 1 aromatic carbocycles. The van der Waals surface area contributed by atoms with Crippen LogP contribution in [0.5, 0.6) is 0 Å². The van der Waals surface area contributed by atoms with Crippen molar-refractivity contribution in [2.75, 3.05) is 0 Å². The van der Waals surface area contributed by atoms with Crippen molar-refractivity contribution in [2.24, 2.45) is 0 Å². The molecule has 1 aromatic heterocycles. The van der Waals surface area contributed by atoms with Gasteiger partial charge in [0.05, 0.1) is 5.25 Å². The molecule has 0 saturated carbocycles. The number of hydrogen-bond acceptors (Lipinski definition) is 5. The molecule has 1 atom stereocenters. The van der Waals surface area contributed by atoms with Crippen molar-refractivity contribution in [3.8, 4) is 0 Å². The zero-order valence-corrected chi connectivity index (χ0v) is 11.5. The number of rotatable bonds is 5. The van der Waals surface area contributed by atoms with Crippen LogP contribution in [0.4, 0.5) is 0 Å². The largest absolute Gasteiger partial charge is 0.351 e. The van der Waals surface area contributed by atoms with E-state index >= 15 is 0 Å². The molecule has 0 bridgehead atoms. The molecular weight excluding hydrogens is 266 g/mol. The van der Waals surface area contributed by atoms with Crippen LogP contribution in [0.3, 0.4) is 0 Å². The maximum atomic E-state index is 11.9. The highest BCUT2D eigenvalue weighted by atomic mass is 32.2. The van der Waals surface area contributed by atoms with E-state index in [1.54, 1.807) is 5.51 Å². The Labute approximate surface area is 114 Å². The third-order valence-electron chi connectivity index (χ3n) is 2.30. The number of nitrogens with zero attached hydrogens (tertiary/aromatic N) is 2. The molecule has 0 radical (unpaired) electrons. The predicted molar refractivity (Wildman–Crippen MR) is 73.5 cm³/mol. The Morgan fingerprint density at radius 1 is 1.44 bits per heavy atom. The monoisotopic (exact) mass is 279 g/mol. The first kappa shape index (κ1) is 13.0. The van der Waals surface area contributed by atoms with Crippen LogP contribution in [0.2, 0.25) is 0 Å². The van der Waals surface area contributed by atoms with Gasteiger partial charge in [-0.05, 0) is 12.5 Å². The molecule has 1 unspecified atom stereocenters. The van der Waals surface area contributed by atoms with E-state index in [1.807, 2.05) is 37.3 Å². The average Bonchev–Trinajstić information content (AvgIpc) is 2.90. The Bertz CT molecular complexity index is 487. The lowest BCUT2D eigenvalue weighted by Crippen LogP contribution is -2.30. The molecular formula is C12H13N3OS2. The molecule has 1 heterocycles. The molecule has 2 rings (SSSR count). The van der Waals surface area contributed by atoms with E-state index in [9.17, 15) is 4.79 Å². The van der Waals surface area contributed by atoms with Gasteiger partial charge in [-0.1, -0.05) is 53.4 Å². The molecule has 0 fully saturated rings. The fourth-order valence-corrected chi connectivity index (χ4v) is 3.00. The van der Waals surface area contributed by atoms with Gasteiger partial charge in [0.25, 0.3) is 0 Å². The highest BCUT2D eigenvalue weighted by Crippen LogP contribution is 2.24. The summed E-state index contributed by atoms with van der Waals surface area (Å²) in [5, 5.41) is 10.4. The molecule has 2 aromatic rings. The van der Waals surface area contributed by atoms with Gasteiger partial charge in [0.2, 0.25) is 5.91 Å². The lowest BCUT2D eigenvalue weighted by molar-refractivity contribution is -0.120. The maximum absolute atomic E-state index is 11.9. The van der Waals surface area contributed by atoms with Gasteiger partial charge in [-0.25, -0.2) is 0 Å². The highest BCUT2D eigenvalue weighted by molar-refractivity contribution is 8.02. The predicted octanol–water partition coefficient (Wildman–Crippen LogP) is 2.34. The quantitative estimate of drug-likeness (QED) is 0.854. The SMILES string of the molecule is CC(Sc1nncs1)C(=O)NCc1ccccc1. The lowest BCUT2D eigenvalue weighted by Gasteiger charge is -2.10. The number of amides is 1. The van der Waals surface area contributed by atoms with Gasteiger partial charge < -0.3 is 5.32 Å². The normalized spacial score (nSPS) is 12.1. The maximum Gasteiger partial charge on any atom is 0.233 e. The second-order valence-electron chi connectivity index (χ2n) is 3.67. The molecule has 0 aliphatic heterocycles. The van der Waals surface area contributed by atoms with E-state index < -0.39 is 0 Å². The van der Waals surface area contributed by atoms with E-state index in [0.717, 1.165) is 9.90 Å². The summed E-state index contributed by atoms with van der Waals surface area (Å²) >= 11 is 2.87. The van der Waals surface area contributed by atoms with E-state index in [0.29, 0.717) is 6.54 Å². The van der Waals surface area contributed by atoms with Crippen molar-refractivity contribution in [2.45, 2.75) is 23.1 Å². The minimum atomic E-state index is -0.165. The molecule has 0 aliphatic carbocycles. The number of nitrogens with one attached hydrogen (secondary N) is 1. The first-order valence-electron chi connectivity index (χ1n) is 5.50. The topological polar surface area (TPSA) is 54.9 Å². The lowest BCUT2D eigenvalue weighted by atomic mass is 10.2. The summed E-state index contributed by atoms with van der Waals surface area (Å²) < 4.78 is 0.817. The summed E-state index contributed by atoms with van der Waals surface area (Å²) in [6, 6.07) is 9.85. The Morgan fingerprint density at radius 3 is 2.89 bits per heavy atom. The fourth-order valence-electron chi connectivity index (χ4n) is 1.35. The van der Waals surface area contributed by atoms with Crippen LogP contribution in [0.1, 0.15) is 12.5 Å². The zero-order chi connectivity index (χ0) is 12.8. The van der Waals surface area contributed by atoms with Crippen LogP contribution in [-0.2, 0) is 11.3 Å². The van der Waals surface area contributed by atoms with E-state index in [4.69, 9.17) is 0 Å². The van der Waals surface area contributed by atoms with E-state index in [-0.39, 0.29) is 11.2 Å². The van der Waals surface area contributed by atoms with Crippen molar-refractivity contribution in [3.05, 3.63) is 41.4 Å². The summed E-state index contributed by atoms with van der Waals surface area (Å²) in [4.78, 5) is 11.9. The summed E-state index contributed by atoms with van der Waals surface area (Å²) in [5.41, 5.74) is 2.76. The van der Waals surface area contributed by atoms with Gasteiger partial charge in [0.1, 0.15) is 5.51 Å². The van der Waals surface area contributed by atoms with E-state index in [2.05, 4.69) is 15.5 Å². The number of carbonyl (C=O) groups is 1. The Hall–Kier alpha value is -1.40. The molecule has 4 nitrogen and oxygen atoms in total. The van der Waals surface area contributed by atoms with Crippen LogP contribution in [0.15, 0.2) is 40.2 Å². The van der Waals surface area contributed by atoms with Crippen molar-refractivity contribution in [1.82, 2.24) is 15.5 Å². The van der Waals surface area contributed by atoms with Gasteiger partial charge in [0, 0.05) is 6.54 Å². The van der Waals surface area contributed by atoms with Crippen LogP contribution in [0, 0.1) is 0 Å². The first-order chi connectivity index (χ1) is 8.75. The van der Waals surface area contributed by atoms with Crippen LogP contribution in [0.25, 0.3) is 0 Å². The van der Waals surface area contributed by atoms with E-state index in [1.165, 1.54) is 23.1 Å². The molecule has 1 N–H and O–H groups in total. The zero-order valence-electron chi connectivity index (χ0n) is 9.87. The number of benzene rings is 1. The molecule has 0 aliphatic rings. The number of aromatic nitrogens is 2. The van der Waals surface area contributed by atoms with Crippen molar-refractivity contribution in [3.63, 3.8) is 0 Å². The molecule has 94 valence electrons. The third kappa shape index (κ3) is 3.82. The number of carbonyl (C=O) groups excluding carboxylic acids is 1. The second kappa shape index (κ2) is 6.51. The minimum Gasteiger partial charge on any atom is -0.351 e. The third-order valence-corrected chi connectivity index (χ3v) is 4.21. The summed E-state index contributed by atoms with van der Waals surface area (Å²) in [6.07, 6.45) is 0. The summed E-state index contributed by atoms with van der Waals surface area (Å²) in [6.45, 7) is 2.42. The first-order valence-corrected chi connectivity index (χ1v) is 7.26. The standard InChI is InChI=1S/C12H13N3OS2/c1-9(18-12-15-14-8-17-12)11(16)13-7-10-5-3-2-4-6-10/h2-6,8-9H,7H2,1H3,(H,13,16). The molecule has 0 spiro atoms. The Kier molecular flexibility index (Phi) is 4.72. The Morgan fingerprint density at radius 2 is 2.22 bits per heavy atom. The van der Waals surface area contributed by atoms with Gasteiger partial charge in [-0.2, -0.15) is 0 Å². The van der Waals surface area contributed by atoms with Gasteiger partial charge in [-0.3, -0.25) is 4.79 Å². The minimum absolute atomic E-state index is 0.0130. The van der Waals surface area contributed by atoms with Crippen LogP contribution < -0.4 is 5.32 Å². The van der Waals surface area contributed by atoms with Gasteiger partial charge >= 0.3 is 0 Å². The Balaban J connectivity index is 1.81. The second-order valence-corrected chi connectivity index (χ2v) is 6.09. The molecule has 6 heteroatoms. The number of hydrogen-bond donors (Lipinski definition) is 1. The van der Waals surface area contributed by atoms with Crippen LogP contribution in [-0.4, -0.2) is 21.4 Å². The molecule has 18 heavy (non-hydrogen) atoms. The fraction of sp³-hybridized carbons (Fsp3) is 0.250.